The molecule has 0 amide bonds. The lowest BCUT2D eigenvalue weighted by atomic mass is 9.99. The fraction of sp³-hybridized carbons (Fsp3) is 0.375. The van der Waals surface area contributed by atoms with E-state index in [1.54, 1.807) is 19.4 Å². The molecule has 33 heavy (non-hydrogen) atoms. The van der Waals surface area contributed by atoms with Crippen LogP contribution in [0.4, 0.5) is 0 Å². The largest absolute Gasteiger partial charge is 0.493 e. The first kappa shape index (κ1) is 25.9. The lowest BCUT2D eigenvalue weighted by Crippen LogP contribution is -2.22. The van der Waals surface area contributed by atoms with E-state index in [4.69, 9.17) is 9.47 Å². The standard InChI is InChI=1S/C24H26Br3N3O3/c1-6-7-19-29-17-9-8-15(25)11-16(17)23(31)30(19)28-12-14-10-18(32-5)22(21(27)20(14)26)33-13-24(2,3)4/h8-12H,6-7,13H2,1-5H3. The molecule has 0 fully saturated rings. The van der Waals surface area contributed by atoms with E-state index in [0.29, 0.717) is 45.7 Å². The number of ether oxygens (including phenoxy) is 2. The second-order valence-corrected chi connectivity index (χ2v) is 11.3. The van der Waals surface area contributed by atoms with Crippen LogP contribution in [-0.4, -0.2) is 29.6 Å². The molecule has 0 radical (unpaired) electrons. The number of hydrogen-bond acceptors (Lipinski definition) is 5. The van der Waals surface area contributed by atoms with E-state index < -0.39 is 0 Å². The molecule has 2 aromatic carbocycles. The minimum atomic E-state index is -0.215. The predicted molar refractivity (Wildman–Crippen MR) is 144 cm³/mol. The molecule has 1 heterocycles. The minimum Gasteiger partial charge on any atom is -0.493 e. The van der Waals surface area contributed by atoms with Gasteiger partial charge in [-0.25, -0.2) is 4.98 Å². The van der Waals surface area contributed by atoms with Crippen molar-refractivity contribution in [2.75, 3.05) is 13.7 Å². The van der Waals surface area contributed by atoms with E-state index in [0.717, 1.165) is 20.9 Å². The highest BCUT2D eigenvalue weighted by molar-refractivity contribution is 9.13. The maximum absolute atomic E-state index is 13.2. The molecule has 3 rings (SSSR count). The van der Waals surface area contributed by atoms with Crippen LogP contribution < -0.4 is 15.0 Å². The lowest BCUT2D eigenvalue weighted by molar-refractivity contribution is 0.190. The zero-order chi connectivity index (χ0) is 24.3. The molecule has 0 saturated carbocycles. The second kappa shape index (κ2) is 10.7. The van der Waals surface area contributed by atoms with Crippen molar-refractivity contribution in [1.82, 2.24) is 9.66 Å². The summed E-state index contributed by atoms with van der Waals surface area (Å²) in [5, 5.41) is 5.03. The van der Waals surface area contributed by atoms with Crippen molar-refractivity contribution in [1.29, 1.82) is 0 Å². The van der Waals surface area contributed by atoms with Crippen LogP contribution in [0.2, 0.25) is 0 Å². The van der Waals surface area contributed by atoms with Crippen LogP contribution in [0.3, 0.4) is 0 Å². The van der Waals surface area contributed by atoms with Gasteiger partial charge in [0.25, 0.3) is 5.56 Å². The molecule has 0 spiro atoms. The van der Waals surface area contributed by atoms with Gasteiger partial charge in [-0.2, -0.15) is 9.78 Å². The van der Waals surface area contributed by atoms with Gasteiger partial charge < -0.3 is 9.47 Å². The normalized spacial score (nSPS) is 12.0. The van der Waals surface area contributed by atoms with E-state index >= 15 is 0 Å². The van der Waals surface area contributed by atoms with Crippen LogP contribution in [0, 0.1) is 5.41 Å². The van der Waals surface area contributed by atoms with Crippen LogP contribution in [0.5, 0.6) is 11.5 Å². The summed E-state index contributed by atoms with van der Waals surface area (Å²) < 4.78 is 15.3. The van der Waals surface area contributed by atoms with E-state index in [9.17, 15) is 4.79 Å². The van der Waals surface area contributed by atoms with Crippen LogP contribution >= 0.6 is 47.8 Å². The van der Waals surface area contributed by atoms with Crippen molar-refractivity contribution < 1.29 is 9.47 Å². The third kappa shape index (κ3) is 6.05. The molecule has 0 bridgehead atoms. The Morgan fingerprint density at radius 2 is 1.88 bits per heavy atom. The van der Waals surface area contributed by atoms with Crippen molar-refractivity contribution in [3.63, 3.8) is 0 Å². The third-order valence-electron chi connectivity index (χ3n) is 4.69. The summed E-state index contributed by atoms with van der Waals surface area (Å²) in [7, 11) is 1.59. The highest BCUT2D eigenvalue weighted by Gasteiger charge is 2.20. The first-order chi connectivity index (χ1) is 15.6. The fourth-order valence-electron chi connectivity index (χ4n) is 3.09. The average Bonchev–Trinajstić information content (AvgIpc) is 2.75. The van der Waals surface area contributed by atoms with Crippen molar-refractivity contribution >= 4 is 64.9 Å². The molecule has 0 atom stereocenters. The van der Waals surface area contributed by atoms with Crippen LogP contribution in [0.15, 0.2) is 47.6 Å². The summed E-state index contributed by atoms with van der Waals surface area (Å²) in [5.41, 5.74) is 1.16. The molecular formula is C24H26Br3N3O3. The van der Waals surface area contributed by atoms with E-state index in [2.05, 4.69) is 78.6 Å². The number of benzene rings is 2. The molecule has 0 unspecified atom stereocenters. The Balaban J connectivity index is 2.09. The van der Waals surface area contributed by atoms with Gasteiger partial charge in [0.15, 0.2) is 11.5 Å². The molecule has 176 valence electrons. The van der Waals surface area contributed by atoms with Gasteiger partial charge >= 0.3 is 0 Å². The molecule has 0 saturated heterocycles. The van der Waals surface area contributed by atoms with E-state index in [1.807, 2.05) is 25.1 Å². The summed E-state index contributed by atoms with van der Waals surface area (Å²) in [4.78, 5) is 17.9. The van der Waals surface area contributed by atoms with Crippen molar-refractivity contribution in [3.05, 3.63) is 59.4 Å². The smallest absolute Gasteiger partial charge is 0.282 e. The predicted octanol–water partition coefficient (Wildman–Crippen LogP) is 6.95. The Morgan fingerprint density at radius 3 is 2.52 bits per heavy atom. The average molecular weight is 644 g/mol. The summed E-state index contributed by atoms with van der Waals surface area (Å²) >= 11 is 10.7. The fourth-order valence-corrected chi connectivity index (χ4v) is 4.39. The van der Waals surface area contributed by atoms with Gasteiger partial charge in [0.2, 0.25) is 0 Å². The molecule has 9 heteroatoms. The van der Waals surface area contributed by atoms with Gasteiger partial charge in [-0.1, -0.05) is 43.6 Å². The number of methoxy groups -OCH3 is 1. The minimum absolute atomic E-state index is 0.00796. The third-order valence-corrected chi connectivity index (χ3v) is 7.32. The molecule has 6 nitrogen and oxygen atoms in total. The van der Waals surface area contributed by atoms with Crippen molar-refractivity contribution in [3.8, 4) is 11.5 Å². The molecule has 0 aliphatic heterocycles. The van der Waals surface area contributed by atoms with Crippen LogP contribution in [0.1, 0.15) is 45.5 Å². The van der Waals surface area contributed by atoms with Crippen molar-refractivity contribution in [2.24, 2.45) is 10.5 Å². The van der Waals surface area contributed by atoms with Crippen LogP contribution in [0.25, 0.3) is 10.9 Å². The highest BCUT2D eigenvalue weighted by Crippen LogP contribution is 2.42. The first-order valence-corrected chi connectivity index (χ1v) is 12.9. The van der Waals surface area contributed by atoms with E-state index in [1.165, 1.54) is 4.68 Å². The number of halogens is 3. The second-order valence-electron chi connectivity index (χ2n) is 8.78. The Morgan fingerprint density at radius 1 is 1.15 bits per heavy atom. The van der Waals surface area contributed by atoms with E-state index in [-0.39, 0.29) is 11.0 Å². The Labute approximate surface area is 218 Å². The zero-order valence-electron chi connectivity index (χ0n) is 19.2. The molecule has 1 aromatic heterocycles. The lowest BCUT2D eigenvalue weighted by Gasteiger charge is -2.21. The van der Waals surface area contributed by atoms with Gasteiger partial charge in [0, 0.05) is 20.9 Å². The van der Waals surface area contributed by atoms with Gasteiger partial charge in [-0.05, 0) is 68.0 Å². The maximum atomic E-state index is 13.2. The van der Waals surface area contributed by atoms with Crippen LogP contribution in [-0.2, 0) is 6.42 Å². The number of nitrogens with zero attached hydrogens (tertiary/aromatic N) is 3. The van der Waals surface area contributed by atoms with Gasteiger partial charge in [0.1, 0.15) is 5.82 Å². The maximum Gasteiger partial charge on any atom is 0.282 e. The Kier molecular flexibility index (Phi) is 8.40. The van der Waals surface area contributed by atoms with Gasteiger partial charge in [0.05, 0.1) is 35.3 Å². The highest BCUT2D eigenvalue weighted by atomic mass is 79.9. The number of aromatic nitrogens is 2. The topological polar surface area (TPSA) is 65.7 Å². The Bertz CT molecular complexity index is 1260. The molecule has 0 aliphatic carbocycles. The molecule has 0 N–H and O–H groups in total. The van der Waals surface area contributed by atoms with Gasteiger partial charge in [-0.3, -0.25) is 4.79 Å². The monoisotopic (exact) mass is 641 g/mol. The number of aryl methyl sites for hydroxylation is 1. The number of rotatable bonds is 7. The number of fused-ring (bicyclic) bond motifs is 1. The van der Waals surface area contributed by atoms with Crippen molar-refractivity contribution in [2.45, 2.75) is 40.5 Å². The van der Waals surface area contributed by atoms with Gasteiger partial charge in [-0.15, -0.1) is 0 Å². The first-order valence-electron chi connectivity index (χ1n) is 10.5. The molecule has 0 aliphatic rings. The SMILES string of the molecule is CCCc1nc2ccc(Br)cc2c(=O)n1N=Cc1cc(OC)c(OCC(C)(C)C)c(Br)c1Br. The molecular weight excluding hydrogens is 618 g/mol. The quantitative estimate of drug-likeness (QED) is 0.261. The number of hydrogen-bond donors (Lipinski definition) is 0. The summed E-state index contributed by atoms with van der Waals surface area (Å²) in [6.07, 6.45) is 3.09. The summed E-state index contributed by atoms with van der Waals surface area (Å²) in [6.45, 7) is 8.87. The zero-order valence-corrected chi connectivity index (χ0v) is 24.0. The summed E-state index contributed by atoms with van der Waals surface area (Å²) in [6, 6.07) is 7.31. The Hall–Kier alpha value is -1.71. The molecule has 3 aromatic rings. The summed E-state index contributed by atoms with van der Waals surface area (Å²) in [5.74, 6) is 1.79.